The molecule has 1 fully saturated rings. The van der Waals surface area contributed by atoms with Crippen LogP contribution in [0.15, 0.2) is 41.3 Å². The monoisotopic (exact) mass is 592 g/mol. The number of thioether (sulfide) groups is 1. The van der Waals surface area contributed by atoms with E-state index in [-0.39, 0.29) is 60.3 Å². The molecule has 0 radical (unpaired) electrons. The number of rotatable bonds is 12. The first-order valence-corrected chi connectivity index (χ1v) is 13.6. The van der Waals surface area contributed by atoms with Gasteiger partial charge in [-0.1, -0.05) is 17.8 Å². The summed E-state index contributed by atoms with van der Waals surface area (Å²) in [7, 11) is 0. The van der Waals surface area contributed by atoms with Crippen LogP contribution in [0.3, 0.4) is 0 Å². The fraction of sp³-hybridized carbons (Fsp3) is 0.364. The van der Waals surface area contributed by atoms with Crippen LogP contribution in [-0.4, -0.2) is 88.9 Å². The van der Waals surface area contributed by atoms with Crippen LogP contribution >= 0.6 is 23.3 Å². The number of hydrogen-bond acceptors (Lipinski definition) is 12. The minimum absolute atomic E-state index is 0.00651. The fourth-order valence-electron chi connectivity index (χ4n) is 4.11. The number of aliphatic hydroxyl groups excluding tert-OH is 1. The zero-order valence-corrected chi connectivity index (χ0v) is 22.8. The number of aromatic nitrogens is 4. The molecule has 0 saturated carbocycles. The zero-order chi connectivity index (χ0) is 29.0. The van der Waals surface area contributed by atoms with Crippen molar-refractivity contribution in [2.45, 2.75) is 31.4 Å². The number of carbonyl (C=O) groups is 4. The zero-order valence-electron chi connectivity index (χ0n) is 21.1. The summed E-state index contributed by atoms with van der Waals surface area (Å²) < 4.78 is 7.21. The van der Waals surface area contributed by atoms with Crippen molar-refractivity contribution in [3.05, 3.63) is 42.0 Å². The first-order valence-electron chi connectivity index (χ1n) is 11.7. The molecule has 2 atom stereocenters. The van der Waals surface area contributed by atoms with Gasteiger partial charge in [0.15, 0.2) is 23.7 Å². The van der Waals surface area contributed by atoms with Crippen LogP contribution in [0.2, 0.25) is 0 Å². The van der Waals surface area contributed by atoms with Gasteiger partial charge < -0.3 is 31.4 Å². The van der Waals surface area contributed by atoms with E-state index >= 15 is 0 Å². The number of nitrogens with one attached hydrogen (secondary N) is 2. The number of nitrogens with zero attached hydrogens (tertiary/aromatic N) is 6. The van der Waals surface area contributed by atoms with E-state index in [1.165, 1.54) is 24.8 Å². The summed E-state index contributed by atoms with van der Waals surface area (Å²) in [6.07, 6.45) is 3.06. The van der Waals surface area contributed by atoms with Gasteiger partial charge in [0.2, 0.25) is 17.4 Å². The molecule has 212 valence electrons. The van der Waals surface area contributed by atoms with E-state index in [0.29, 0.717) is 11.4 Å². The van der Waals surface area contributed by atoms with Crippen molar-refractivity contribution < 1.29 is 38.9 Å². The van der Waals surface area contributed by atoms with Gasteiger partial charge in [0.1, 0.15) is 30.3 Å². The molecule has 4 rings (SSSR count). The number of carboxylic acid groups (broad SMARTS) is 1. The molecule has 16 nitrogen and oxygen atoms in total. The van der Waals surface area contributed by atoms with E-state index in [1.54, 1.807) is 21.6 Å². The quantitative estimate of drug-likeness (QED) is 0.0477. The number of aliphatic carboxylic acids is 1. The lowest BCUT2D eigenvalue weighted by molar-refractivity contribution is -0.767. The molecule has 2 aromatic heterocycles. The minimum atomic E-state index is -1.30. The standard InChI is InChI=1S/C22H25N9O7S2/c1-3-8-38-27-14(17-26-22(23)40-28-17)18(34)25-15-19(35)31-16(21(36)37)12(10-39-20(15)31)9-29-5-4-13(24-11(2)33)30(29)6-7-32/h3-5,15,20,32H,1,6-10H2,2H3,(H4,23,25,26,28,34,36,37)/p+1/t15-,20-/m1/s1. The Labute approximate surface area is 235 Å². The van der Waals surface area contributed by atoms with Crippen molar-refractivity contribution in [1.29, 1.82) is 0 Å². The second kappa shape index (κ2) is 12.3. The molecule has 1 saturated heterocycles. The number of carbonyl (C=O) groups excluding carboxylic acids is 3. The average molecular weight is 593 g/mol. The van der Waals surface area contributed by atoms with E-state index in [1.807, 2.05) is 0 Å². The lowest BCUT2D eigenvalue weighted by atomic mass is 10.0. The molecule has 4 heterocycles. The lowest BCUT2D eigenvalue weighted by Crippen LogP contribution is -2.71. The van der Waals surface area contributed by atoms with Crippen LogP contribution in [0.4, 0.5) is 10.9 Å². The van der Waals surface area contributed by atoms with Gasteiger partial charge >= 0.3 is 5.97 Å². The molecule has 2 aliphatic heterocycles. The highest BCUT2D eigenvalue weighted by Gasteiger charge is 2.55. The summed E-state index contributed by atoms with van der Waals surface area (Å²) in [4.78, 5) is 60.1. The normalized spacial score (nSPS) is 18.6. The number of aliphatic hydroxyl groups is 1. The number of nitrogens with two attached hydrogens (primary N) is 1. The summed E-state index contributed by atoms with van der Waals surface area (Å²) in [6, 6.07) is 0.589. The fourth-order valence-corrected chi connectivity index (χ4v) is 5.88. The molecule has 40 heavy (non-hydrogen) atoms. The number of nitrogen functional groups attached to an aromatic ring is 1. The molecular weight excluding hydrogens is 566 g/mol. The van der Waals surface area contributed by atoms with E-state index in [9.17, 15) is 29.4 Å². The highest BCUT2D eigenvalue weighted by molar-refractivity contribution is 8.00. The molecular formula is C22H26N9O7S2+. The second-order valence-electron chi connectivity index (χ2n) is 8.43. The summed E-state index contributed by atoms with van der Waals surface area (Å²) >= 11 is 2.13. The van der Waals surface area contributed by atoms with Crippen LogP contribution in [-0.2, 0) is 37.1 Å². The smallest absolute Gasteiger partial charge is 0.352 e. The first-order chi connectivity index (χ1) is 19.2. The second-order valence-corrected chi connectivity index (χ2v) is 10.3. The van der Waals surface area contributed by atoms with Gasteiger partial charge in [0.25, 0.3) is 11.8 Å². The van der Waals surface area contributed by atoms with Gasteiger partial charge in [-0.2, -0.15) is 9.36 Å². The predicted octanol–water partition coefficient (Wildman–Crippen LogP) is -1.49. The largest absolute Gasteiger partial charge is 0.477 e. The maximum atomic E-state index is 13.1. The number of anilines is 2. The number of β-lactam (4-membered cyclic amide) rings is 1. The van der Waals surface area contributed by atoms with Crippen molar-refractivity contribution in [2.75, 3.05) is 30.0 Å². The van der Waals surface area contributed by atoms with Gasteiger partial charge in [-0.15, -0.1) is 21.1 Å². The van der Waals surface area contributed by atoms with E-state index in [2.05, 4.69) is 31.7 Å². The Hall–Kier alpha value is -4.29. The van der Waals surface area contributed by atoms with Gasteiger partial charge in [0, 0.05) is 29.8 Å². The maximum Gasteiger partial charge on any atom is 0.352 e. The first kappa shape index (κ1) is 28.7. The third-order valence-electron chi connectivity index (χ3n) is 5.71. The number of amides is 3. The molecule has 0 aliphatic carbocycles. The molecule has 2 aromatic rings. The van der Waals surface area contributed by atoms with Gasteiger partial charge in [-0.05, 0) is 0 Å². The van der Waals surface area contributed by atoms with Crippen molar-refractivity contribution >= 4 is 63.6 Å². The Bertz CT molecular complexity index is 1420. The number of fused-ring (bicyclic) bond motifs is 1. The van der Waals surface area contributed by atoms with Crippen LogP contribution in [0.25, 0.3) is 0 Å². The molecule has 18 heteroatoms. The summed E-state index contributed by atoms with van der Waals surface area (Å²) in [5.74, 6) is -2.44. The highest BCUT2D eigenvalue weighted by atomic mass is 32.2. The predicted molar refractivity (Wildman–Crippen MR) is 143 cm³/mol. The van der Waals surface area contributed by atoms with Crippen LogP contribution in [0, 0.1) is 0 Å². The number of carboxylic acids is 1. The Morgan fingerprint density at radius 2 is 2.20 bits per heavy atom. The molecule has 0 spiro atoms. The van der Waals surface area contributed by atoms with Crippen molar-refractivity contribution in [3.8, 4) is 0 Å². The summed E-state index contributed by atoms with van der Waals surface area (Å²) in [5, 5.41) is 27.9. The van der Waals surface area contributed by atoms with Gasteiger partial charge in [0.05, 0.1) is 12.7 Å². The van der Waals surface area contributed by atoms with E-state index in [0.717, 1.165) is 16.4 Å². The van der Waals surface area contributed by atoms with Crippen LogP contribution in [0.1, 0.15) is 12.7 Å². The highest BCUT2D eigenvalue weighted by Crippen LogP contribution is 2.40. The summed E-state index contributed by atoms with van der Waals surface area (Å²) in [5.41, 5.74) is 5.57. The Kier molecular flexibility index (Phi) is 8.80. The Balaban J connectivity index is 1.55. The molecule has 2 aliphatic rings. The average Bonchev–Trinajstić information content (AvgIpc) is 3.50. The van der Waals surface area contributed by atoms with Gasteiger partial charge in [-0.3, -0.25) is 19.3 Å². The molecule has 0 aromatic carbocycles. The minimum Gasteiger partial charge on any atom is -0.477 e. The van der Waals surface area contributed by atoms with Crippen molar-refractivity contribution in [1.82, 2.24) is 24.3 Å². The summed E-state index contributed by atoms with van der Waals surface area (Å²) in [6.45, 7) is 4.86. The molecule has 6 N–H and O–H groups in total. The van der Waals surface area contributed by atoms with Gasteiger partial charge in [-0.25, -0.2) is 4.79 Å². The van der Waals surface area contributed by atoms with Crippen molar-refractivity contribution in [2.24, 2.45) is 5.16 Å². The lowest BCUT2D eigenvalue weighted by Gasteiger charge is -2.49. The SMILES string of the molecule is C=CCON=C(C(=O)N[C@@H]1C(=O)N2C(C(=O)O)=C(C[n+]3ccc(NC(C)=O)n3CCO)CS[C@H]12)c1nsc(N)n1. The number of hydrogen-bond donors (Lipinski definition) is 5. The van der Waals surface area contributed by atoms with Crippen LogP contribution in [0.5, 0.6) is 0 Å². The Morgan fingerprint density at radius 1 is 1.43 bits per heavy atom. The Morgan fingerprint density at radius 3 is 2.83 bits per heavy atom. The van der Waals surface area contributed by atoms with Crippen molar-refractivity contribution in [3.63, 3.8) is 0 Å². The topological polar surface area (TPSA) is 218 Å². The maximum absolute atomic E-state index is 13.1. The van der Waals surface area contributed by atoms with E-state index in [4.69, 9.17) is 10.6 Å². The third-order valence-corrected chi connectivity index (χ3v) is 7.60. The van der Waals surface area contributed by atoms with Crippen LogP contribution < -0.4 is 21.0 Å². The third kappa shape index (κ3) is 5.82. The number of oxime groups is 1. The van der Waals surface area contributed by atoms with E-state index < -0.39 is 29.2 Å². The molecule has 3 amide bonds. The molecule has 0 unspecified atom stereocenters. The molecule has 0 bridgehead atoms.